The predicted molar refractivity (Wildman–Crippen MR) is 69.5 cm³/mol. The number of rotatable bonds is 4. The molecule has 0 spiro atoms. The Morgan fingerprint density at radius 3 is 2.89 bits per heavy atom. The number of nitrogens with one attached hydrogen (secondary N) is 1. The molecule has 0 aliphatic carbocycles. The van der Waals surface area contributed by atoms with E-state index in [-0.39, 0.29) is 18.0 Å². The van der Waals surface area contributed by atoms with Crippen molar-refractivity contribution >= 4 is 0 Å². The van der Waals surface area contributed by atoms with Crippen molar-refractivity contribution < 1.29 is 9.13 Å². The maximum Gasteiger partial charge on any atom is 0.123 e. The molecule has 1 saturated heterocycles. The standard InChI is InChI=1S/C14H21FN2O/c1-9-7-12(15)4-3-11(9)8-14(17-16)13-5-6-18-10(13)2/h3-4,7,10,13-14,17H,5-6,8,16H2,1-2H3. The molecule has 1 aliphatic heterocycles. The van der Waals surface area contributed by atoms with E-state index in [1.54, 1.807) is 6.07 Å². The minimum absolute atomic E-state index is 0.173. The maximum atomic E-state index is 13.1. The molecule has 1 aromatic rings. The fraction of sp³-hybridized carbons (Fsp3) is 0.571. The lowest BCUT2D eigenvalue weighted by molar-refractivity contribution is 0.0954. The summed E-state index contributed by atoms with van der Waals surface area (Å²) in [5, 5.41) is 0. The number of hydrazine groups is 1. The summed E-state index contributed by atoms with van der Waals surface area (Å²) < 4.78 is 18.6. The first-order valence-electron chi connectivity index (χ1n) is 6.44. The van der Waals surface area contributed by atoms with Gasteiger partial charge in [0, 0.05) is 18.6 Å². The molecule has 100 valence electrons. The summed E-state index contributed by atoms with van der Waals surface area (Å²) >= 11 is 0. The molecule has 1 aliphatic rings. The van der Waals surface area contributed by atoms with Crippen LogP contribution in [0.2, 0.25) is 0 Å². The smallest absolute Gasteiger partial charge is 0.123 e. The second kappa shape index (κ2) is 5.78. The third-order valence-electron chi connectivity index (χ3n) is 3.91. The Morgan fingerprint density at radius 1 is 1.56 bits per heavy atom. The predicted octanol–water partition coefficient (Wildman–Crippen LogP) is 1.93. The molecule has 0 amide bonds. The van der Waals surface area contributed by atoms with E-state index in [9.17, 15) is 4.39 Å². The average molecular weight is 252 g/mol. The summed E-state index contributed by atoms with van der Waals surface area (Å²) in [4.78, 5) is 0. The molecule has 3 N–H and O–H groups in total. The van der Waals surface area contributed by atoms with Crippen LogP contribution in [0.25, 0.3) is 0 Å². The second-order valence-electron chi connectivity index (χ2n) is 5.08. The number of aryl methyl sites for hydroxylation is 1. The minimum atomic E-state index is -0.189. The number of ether oxygens (including phenoxy) is 1. The van der Waals surface area contributed by atoms with Crippen LogP contribution in [0, 0.1) is 18.7 Å². The lowest BCUT2D eigenvalue weighted by Crippen LogP contribution is -2.44. The van der Waals surface area contributed by atoms with Crippen LogP contribution in [0.4, 0.5) is 4.39 Å². The molecule has 1 aromatic carbocycles. The zero-order chi connectivity index (χ0) is 13.1. The Bertz CT molecular complexity index is 411. The van der Waals surface area contributed by atoms with Crippen molar-refractivity contribution in [3.63, 3.8) is 0 Å². The maximum absolute atomic E-state index is 13.1. The largest absolute Gasteiger partial charge is 0.378 e. The van der Waals surface area contributed by atoms with Crippen LogP contribution >= 0.6 is 0 Å². The Labute approximate surface area is 107 Å². The van der Waals surface area contributed by atoms with Gasteiger partial charge < -0.3 is 4.74 Å². The van der Waals surface area contributed by atoms with Gasteiger partial charge in [0.15, 0.2) is 0 Å². The number of hydrogen-bond acceptors (Lipinski definition) is 3. The van der Waals surface area contributed by atoms with Crippen LogP contribution in [-0.4, -0.2) is 18.8 Å². The van der Waals surface area contributed by atoms with Crippen LogP contribution in [0.15, 0.2) is 18.2 Å². The molecule has 18 heavy (non-hydrogen) atoms. The molecule has 1 heterocycles. The van der Waals surface area contributed by atoms with Gasteiger partial charge in [-0.05, 0) is 49.9 Å². The van der Waals surface area contributed by atoms with E-state index in [0.717, 1.165) is 30.6 Å². The first kappa shape index (κ1) is 13.5. The van der Waals surface area contributed by atoms with Gasteiger partial charge in [0.25, 0.3) is 0 Å². The van der Waals surface area contributed by atoms with E-state index in [2.05, 4.69) is 12.3 Å². The van der Waals surface area contributed by atoms with Crippen molar-refractivity contribution in [3.05, 3.63) is 35.1 Å². The van der Waals surface area contributed by atoms with E-state index >= 15 is 0 Å². The van der Waals surface area contributed by atoms with Crippen LogP contribution < -0.4 is 11.3 Å². The van der Waals surface area contributed by atoms with Gasteiger partial charge in [-0.1, -0.05) is 6.07 Å². The van der Waals surface area contributed by atoms with Crippen molar-refractivity contribution in [1.82, 2.24) is 5.43 Å². The Kier molecular flexibility index (Phi) is 4.32. The highest BCUT2D eigenvalue weighted by atomic mass is 19.1. The Balaban J connectivity index is 2.10. The van der Waals surface area contributed by atoms with Crippen molar-refractivity contribution in [2.24, 2.45) is 11.8 Å². The molecule has 3 atom stereocenters. The van der Waals surface area contributed by atoms with Crippen molar-refractivity contribution in [2.45, 2.75) is 38.8 Å². The number of benzene rings is 1. The monoisotopic (exact) mass is 252 g/mol. The van der Waals surface area contributed by atoms with Gasteiger partial charge >= 0.3 is 0 Å². The van der Waals surface area contributed by atoms with Crippen LogP contribution in [0.3, 0.4) is 0 Å². The summed E-state index contributed by atoms with van der Waals surface area (Å²) in [6, 6.07) is 5.09. The summed E-state index contributed by atoms with van der Waals surface area (Å²) in [7, 11) is 0. The lowest BCUT2D eigenvalue weighted by atomic mass is 9.88. The Morgan fingerprint density at radius 2 is 2.33 bits per heavy atom. The first-order chi connectivity index (χ1) is 8.61. The van der Waals surface area contributed by atoms with Gasteiger partial charge in [-0.15, -0.1) is 0 Å². The second-order valence-corrected chi connectivity index (χ2v) is 5.08. The molecule has 0 bridgehead atoms. The first-order valence-corrected chi connectivity index (χ1v) is 6.44. The normalized spacial score (nSPS) is 25.3. The van der Waals surface area contributed by atoms with Gasteiger partial charge in [0.2, 0.25) is 0 Å². The number of hydrogen-bond donors (Lipinski definition) is 2. The highest BCUT2D eigenvalue weighted by Crippen LogP contribution is 2.26. The zero-order valence-corrected chi connectivity index (χ0v) is 10.9. The minimum Gasteiger partial charge on any atom is -0.378 e. The van der Waals surface area contributed by atoms with E-state index in [4.69, 9.17) is 10.6 Å². The average Bonchev–Trinajstić information content (AvgIpc) is 2.75. The molecule has 0 saturated carbocycles. The van der Waals surface area contributed by atoms with Gasteiger partial charge in [-0.25, -0.2) is 4.39 Å². The molecule has 0 aromatic heterocycles. The van der Waals surface area contributed by atoms with Gasteiger partial charge in [0.1, 0.15) is 5.82 Å². The number of halogens is 1. The summed E-state index contributed by atoms with van der Waals surface area (Å²) in [5.74, 6) is 5.89. The highest BCUT2D eigenvalue weighted by Gasteiger charge is 2.31. The van der Waals surface area contributed by atoms with Crippen LogP contribution in [-0.2, 0) is 11.2 Å². The molecular formula is C14H21FN2O. The van der Waals surface area contributed by atoms with Gasteiger partial charge in [0.05, 0.1) is 6.10 Å². The quantitative estimate of drug-likeness (QED) is 0.636. The SMILES string of the molecule is Cc1cc(F)ccc1CC(NN)C1CCOC1C. The molecule has 1 fully saturated rings. The van der Waals surface area contributed by atoms with E-state index in [1.807, 2.05) is 13.0 Å². The van der Waals surface area contributed by atoms with Crippen molar-refractivity contribution in [1.29, 1.82) is 0 Å². The number of nitrogens with two attached hydrogens (primary N) is 1. The molecular weight excluding hydrogens is 231 g/mol. The van der Waals surface area contributed by atoms with E-state index < -0.39 is 0 Å². The zero-order valence-electron chi connectivity index (χ0n) is 10.9. The molecule has 0 radical (unpaired) electrons. The third-order valence-corrected chi connectivity index (χ3v) is 3.91. The van der Waals surface area contributed by atoms with Crippen LogP contribution in [0.1, 0.15) is 24.5 Å². The highest BCUT2D eigenvalue weighted by molar-refractivity contribution is 5.27. The fourth-order valence-electron chi connectivity index (χ4n) is 2.74. The topological polar surface area (TPSA) is 47.3 Å². The molecule has 2 rings (SSSR count). The lowest BCUT2D eigenvalue weighted by Gasteiger charge is -2.25. The van der Waals surface area contributed by atoms with Crippen LogP contribution in [0.5, 0.6) is 0 Å². The van der Waals surface area contributed by atoms with E-state index in [1.165, 1.54) is 6.07 Å². The van der Waals surface area contributed by atoms with Crippen molar-refractivity contribution in [2.75, 3.05) is 6.61 Å². The van der Waals surface area contributed by atoms with E-state index in [0.29, 0.717) is 5.92 Å². The van der Waals surface area contributed by atoms with Gasteiger partial charge in [-0.2, -0.15) is 0 Å². The molecule has 3 nitrogen and oxygen atoms in total. The fourth-order valence-corrected chi connectivity index (χ4v) is 2.74. The Hall–Kier alpha value is -0.970. The molecule has 4 heteroatoms. The summed E-state index contributed by atoms with van der Waals surface area (Å²) in [6.07, 6.45) is 2.06. The third kappa shape index (κ3) is 2.88. The van der Waals surface area contributed by atoms with Gasteiger partial charge in [-0.3, -0.25) is 11.3 Å². The summed E-state index contributed by atoms with van der Waals surface area (Å²) in [5.41, 5.74) is 5.00. The molecule has 3 unspecified atom stereocenters. The van der Waals surface area contributed by atoms with Crippen molar-refractivity contribution in [3.8, 4) is 0 Å². The summed E-state index contributed by atoms with van der Waals surface area (Å²) in [6.45, 7) is 4.81.